The van der Waals surface area contributed by atoms with Crippen molar-refractivity contribution in [3.63, 3.8) is 0 Å². The van der Waals surface area contributed by atoms with Gasteiger partial charge in [0.15, 0.2) is 0 Å². The molecular formula is C14H8BrF3N2. The van der Waals surface area contributed by atoms with Crippen molar-refractivity contribution in [2.45, 2.75) is 6.18 Å². The maximum Gasteiger partial charge on any atom is 0.418 e. The third kappa shape index (κ3) is 2.94. The fourth-order valence-corrected chi connectivity index (χ4v) is 2.18. The maximum absolute atomic E-state index is 12.9. The molecule has 0 bridgehead atoms. The molecule has 0 fully saturated rings. The first kappa shape index (κ1) is 14.4. The van der Waals surface area contributed by atoms with Crippen LogP contribution in [0.3, 0.4) is 0 Å². The van der Waals surface area contributed by atoms with E-state index in [4.69, 9.17) is 5.26 Å². The van der Waals surface area contributed by atoms with Crippen LogP contribution < -0.4 is 5.32 Å². The van der Waals surface area contributed by atoms with Crippen LogP contribution in [0.1, 0.15) is 11.1 Å². The van der Waals surface area contributed by atoms with E-state index in [0.717, 1.165) is 6.07 Å². The van der Waals surface area contributed by atoms with Crippen LogP contribution in [0.25, 0.3) is 0 Å². The predicted octanol–water partition coefficient (Wildman–Crippen LogP) is 5.08. The number of nitrogens with one attached hydrogen (secondary N) is 1. The molecule has 0 aromatic heterocycles. The maximum atomic E-state index is 12.9. The standard InChI is InChI=1S/C14H8BrF3N2/c15-11-5-3-7-12(9(11)8-19)20-13-6-2-1-4-10(13)14(16,17)18/h1-7,20H. The van der Waals surface area contributed by atoms with Gasteiger partial charge in [-0.25, -0.2) is 0 Å². The second-order valence-corrected chi connectivity index (χ2v) is 4.80. The molecule has 102 valence electrons. The molecule has 2 aromatic rings. The van der Waals surface area contributed by atoms with Crippen molar-refractivity contribution >= 4 is 27.3 Å². The molecule has 2 aromatic carbocycles. The zero-order valence-corrected chi connectivity index (χ0v) is 11.6. The molecule has 6 heteroatoms. The van der Waals surface area contributed by atoms with Gasteiger partial charge in [0, 0.05) is 4.47 Å². The lowest BCUT2D eigenvalue weighted by Crippen LogP contribution is -2.09. The summed E-state index contributed by atoms with van der Waals surface area (Å²) in [7, 11) is 0. The van der Waals surface area contributed by atoms with Crippen LogP contribution in [-0.2, 0) is 6.18 Å². The number of nitrogens with zero attached hydrogens (tertiary/aromatic N) is 1. The zero-order valence-electron chi connectivity index (χ0n) is 10.0. The number of para-hydroxylation sites is 1. The van der Waals surface area contributed by atoms with E-state index in [-0.39, 0.29) is 11.3 Å². The smallest absolute Gasteiger partial charge is 0.354 e. The number of hydrogen-bond donors (Lipinski definition) is 1. The van der Waals surface area contributed by atoms with E-state index in [1.807, 2.05) is 6.07 Å². The number of hydrogen-bond acceptors (Lipinski definition) is 2. The fraction of sp³-hybridized carbons (Fsp3) is 0.0714. The topological polar surface area (TPSA) is 35.8 Å². The summed E-state index contributed by atoms with van der Waals surface area (Å²) < 4.78 is 39.2. The molecule has 0 aliphatic rings. The minimum atomic E-state index is -4.46. The molecule has 20 heavy (non-hydrogen) atoms. The van der Waals surface area contributed by atoms with Gasteiger partial charge in [0.2, 0.25) is 0 Å². The van der Waals surface area contributed by atoms with Gasteiger partial charge in [0.25, 0.3) is 0 Å². The highest BCUT2D eigenvalue weighted by Crippen LogP contribution is 2.36. The van der Waals surface area contributed by atoms with Crippen molar-refractivity contribution in [2.75, 3.05) is 5.32 Å². The summed E-state index contributed by atoms with van der Waals surface area (Å²) in [6, 6.07) is 11.9. The molecule has 0 heterocycles. The molecule has 0 saturated carbocycles. The summed E-state index contributed by atoms with van der Waals surface area (Å²) >= 11 is 3.19. The van der Waals surface area contributed by atoms with E-state index in [0.29, 0.717) is 10.2 Å². The molecule has 0 radical (unpaired) electrons. The minimum absolute atomic E-state index is 0.0883. The molecule has 1 N–H and O–H groups in total. The predicted molar refractivity (Wildman–Crippen MR) is 73.6 cm³/mol. The van der Waals surface area contributed by atoms with E-state index in [1.54, 1.807) is 18.2 Å². The summed E-state index contributed by atoms with van der Waals surface area (Å²) in [6.07, 6.45) is -4.46. The van der Waals surface area contributed by atoms with Gasteiger partial charge < -0.3 is 5.32 Å². The number of alkyl halides is 3. The van der Waals surface area contributed by atoms with Crippen molar-refractivity contribution in [3.05, 3.63) is 58.1 Å². The van der Waals surface area contributed by atoms with Crippen LogP contribution in [0.15, 0.2) is 46.9 Å². The molecule has 0 atom stereocenters. The van der Waals surface area contributed by atoms with Gasteiger partial charge in [-0.1, -0.05) is 18.2 Å². The second kappa shape index (κ2) is 5.55. The third-order valence-corrected chi connectivity index (χ3v) is 3.29. The quantitative estimate of drug-likeness (QED) is 0.827. The highest BCUT2D eigenvalue weighted by atomic mass is 79.9. The van der Waals surface area contributed by atoms with Crippen molar-refractivity contribution in [1.82, 2.24) is 0 Å². The zero-order chi connectivity index (χ0) is 14.8. The van der Waals surface area contributed by atoms with Crippen molar-refractivity contribution in [3.8, 4) is 6.07 Å². The molecule has 2 rings (SSSR count). The van der Waals surface area contributed by atoms with Crippen molar-refractivity contribution < 1.29 is 13.2 Å². The number of benzene rings is 2. The van der Waals surface area contributed by atoms with Crippen LogP contribution in [0.5, 0.6) is 0 Å². The van der Waals surface area contributed by atoms with Crippen LogP contribution in [-0.4, -0.2) is 0 Å². The van der Waals surface area contributed by atoms with Gasteiger partial charge in [0.05, 0.1) is 22.5 Å². The lowest BCUT2D eigenvalue weighted by Gasteiger charge is -2.15. The molecule has 0 amide bonds. The number of nitriles is 1. The van der Waals surface area contributed by atoms with Crippen molar-refractivity contribution in [1.29, 1.82) is 5.26 Å². The molecule has 0 unspecified atom stereocenters. The van der Waals surface area contributed by atoms with Gasteiger partial charge in [-0.05, 0) is 40.2 Å². The number of rotatable bonds is 2. The van der Waals surface area contributed by atoms with E-state index >= 15 is 0 Å². The summed E-state index contributed by atoms with van der Waals surface area (Å²) in [6.45, 7) is 0. The normalized spacial score (nSPS) is 10.9. The first-order valence-electron chi connectivity index (χ1n) is 5.55. The Labute approximate surface area is 122 Å². The average molecular weight is 341 g/mol. The van der Waals surface area contributed by atoms with Gasteiger partial charge in [-0.3, -0.25) is 0 Å². The first-order chi connectivity index (χ1) is 9.43. The summed E-state index contributed by atoms with van der Waals surface area (Å²) in [5.74, 6) is 0. The fourth-order valence-electron chi connectivity index (χ4n) is 1.73. The second-order valence-electron chi connectivity index (χ2n) is 3.94. The summed E-state index contributed by atoms with van der Waals surface area (Å²) in [5, 5.41) is 11.7. The SMILES string of the molecule is N#Cc1c(Br)cccc1Nc1ccccc1C(F)(F)F. The lowest BCUT2D eigenvalue weighted by atomic mass is 10.1. The molecule has 0 saturated heterocycles. The highest BCUT2D eigenvalue weighted by Gasteiger charge is 2.33. The first-order valence-corrected chi connectivity index (χ1v) is 6.34. The van der Waals surface area contributed by atoms with Crippen molar-refractivity contribution in [2.24, 2.45) is 0 Å². The Balaban J connectivity index is 2.47. The van der Waals surface area contributed by atoms with Gasteiger partial charge in [0.1, 0.15) is 6.07 Å². The van der Waals surface area contributed by atoms with Gasteiger partial charge >= 0.3 is 6.18 Å². The lowest BCUT2D eigenvalue weighted by molar-refractivity contribution is -0.136. The van der Waals surface area contributed by atoms with Gasteiger partial charge in [-0.2, -0.15) is 18.4 Å². The van der Waals surface area contributed by atoms with Crippen LogP contribution in [0.4, 0.5) is 24.5 Å². The Hall–Kier alpha value is -2.00. The molecule has 0 aliphatic heterocycles. The Kier molecular flexibility index (Phi) is 4.00. The van der Waals surface area contributed by atoms with Crippen LogP contribution in [0.2, 0.25) is 0 Å². The third-order valence-electron chi connectivity index (χ3n) is 2.63. The van der Waals surface area contributed by atoms with Gasteiger partial charge in [-0.15, -0.1) is 0 Å². The highest BCUT2D eigenvalue weighted by molar-refractivity contribution is 9.10. The Bertz CT molecular complexity index is 675. The minimum Gasteiger partial charge on any atom is -0.354 e. The number of halogens is 4. The Morgan fingerprint density at radius 3 is 2.30 bits per heavy atom. The monoisotopic (exact) mass is 340 g/mol. The molecule has 2 nitrogen and oxygen atoms in total. The van der Waals surface area contributed by atoms with E-state index < -0.39 is 11.7 Å². The average Bonchev–Trinajstić information content (AvgIpc) is 2.38. The largest absolute Gasteiger partial charge is 0.418 e. The van der Waals surface area contributed by atoms with Crippen LogP contribution >= 0.6 is 15.9 Å². The molecular weight excluding hydrogens is 333 g/mol. The number of anilines is 2. The van der Waals surface area contributed by atoms with E-state index in [2.05, 4.69) is 21.2 Å². The van der Waals surface area contributed by atoms with E-state index in [1.165, 1.54) is 18.2 Å². The molecule has 0 aliphatic carbocycles. The Morgan fingerprint density at radius 2 is 1.65 bits per heavy atom. The Morgan fingerprint density at radius 1 is 1.00 bits per heavy atom. The van der Waals surface area contributed by atoms with E-state index in [9.17, 15) is 13.2 Å². The summed E-state index contributed by atoms with van der Waals surface area (Å²) in [4.78, 5) is 0. The molecule has 0 spiro atoms. The van der Waals surface area contributed by atoms with Crippen LogP contribution in [0, 0.1) is 11.3 Å². The summed E-state index contributed by atoms with van der Waals surface area (Å²) in [5.41, 5.74) is -0.290.